The van der Waals surface area contributed by atoms with Crippen LogP contribution >= 0.6 is 0 Å². The van der Waals surface area contributed by atoms with Crippen molar-refractivity contribution in [1.82, 2.24) is 15.0 Å². The molecule has 39 heavy (non-hydrogen) atoms. The van der Waals surface area contributed by atoms with E-state index in [2.05, 4.69) is 14.7 Å². The molecule has 2 heterocycles. The molecule has 1 saturated heterocycles. The molecule has 1 aliphatic heterocycles. The van der Waals surface area contributed by atoms with Crippen molar-refractivity contribution in [2.24, 2.45) is 11.7 Å². The molecule has 0 aliphatic carbocycles. The maximum atomic E-state index is 12.8. The Labute approximate surface area is 221 Å². The maximum Gasteiger partial charge on any atom is 0.490 e. The minimum atomic E-state index is -5.08. The van der Waals surface area contributed by atoms with Crippen molar-refractivity contribution >= 4 is 18.0 Å². The average Bonchev–Trinajstić information content (AvgIpc) is 3.48. The lowest BCUT2D eigenvalue weighted by Gasteiger charge is -2.32. The van der Waals surface area contributed by atoms with Gasteiger partial charge in [-0.3, -0.25) is 14.3 Å². The molecule has 1 amide bonds. The molecule has 1 aromatic carbocycles. The fraction of sp³-hybridized carbons (Fsp3) is 0.542. The SMILES string of the molecule is CCOC(=O)C(CCCCc1noc(=O)[nH]1)[C@H]1[C@H](N)CCN1C(=O)OCc1ccccc1.O=C(O)C(F)(F)F. The number of carboxylic acid groups (broad SMARTS) is 1. The van der Waals surface area contributed by atoms with Crippen molar-refractivity contribution in [3.63, 3.8) is 0 Å². The quantitative estimate of drug-likeness (QED) is 0.289. The van der Waals surface area contributed by atoms with Gasteiger partial charge in [0.15, 0.2) is 5.82 Å². The van der Waals surface area contributed by atoms with Crippen LogP contribution in [0, 0.1) is 5.92 Å². The Balaban J connectivity index is 0.000000673. The number of halogens is 3. The molecule has 1 aliphatic rings. The van der Waals surface area contributed by atoms with Crippen molar-refractivity contribution in [2.45, 2.75) is 63.9 Å². The van der Waals surface area contributed by atoms with Gasteiger partial charge in [0.05, 0.1) is 18.6 Å². The molecule has 2 aromatic rings. The van der Waals surface area contributed by atoms with E-state index in [1.807, 2.05) is 30.3 Å². The summed E-state index contributed by atoms with van der Waals surface area (Å²) in [5, 5.41) is 10.8. The zero-order valence-corrected chi connectivity index (χ0v) is 21.2. The lowest BCUT2D eigenvalue weighted by molar-refractivity contribution is -0.192. The van der Waals surface area contributed by atoms with Gasteiger partial charge in [-0.15, -0.1) is 0 Å². The highest BCUT2D eigenvalue weighted by molar-refractivity contribution is 5.76. The standard InChI is InChI=1S/C22H30N4O6.C2HF3O2/c1-2-30-20(27)16(10-6-7-11-18-24-21(28)32-25-18)19-17(23)12-13-26(19)22(29)31-14-15-8-4-3-5-9-15;3-2(4,5)1(6)7/h3-5,8-9,16-17,19H,2,6-7,10-14,23H2,1H3,(H,24,25,28);(H,6,7)/t16?,17-,19+;/m1./s1. The highest BCUT2D eigenvalue weighted by Gasteiger charge is 2.44. The van der Waals surface area contributed by atoms with Crippen molar-refractivity contribution in [3.05, 3.63) is 52.3 Å². The number of nitrogens with zero attached hydrogens (tertiary/aromatic N) is 2. The topological polar surface area (TPSA) is 178 Å². The average molecular weight is 561 g/mol. The van der Waals surface area contributed by atoms with E-state index >= 15 is 0 Å². The van der Waals surface area contributed by atoms with Crippen LogP contribution in [0.5, 0.6) is 0 Å². The Morgan fingerprint density at radius 2 is 1.90 bits per heavy atom. The number of nitrogens with one attached hydrogen (secondary N) is 1. The minimum absolute atomic E-state index is 0.151. The molecule has 1 fully saturated rings. The molecule has 1 unspecified atom stereocenters. The molecule has 216 valence electrons. The summed E-state index contributed by atoms with van der Waals surface area (Å²) in [5.41, 5.74) is 7.21. The Morgan fingerprint density at radius 1 is 1.23 bits per heavy atom. The van der Waals surface area contributed by atoms with E-state index in [0.29, 0.717) is 44.5 Å². The van der Waals surface area contributed by atoms with Crippen LogP contribution in [0.1, 0.15) is 44.0 Å². The first-order valence-corrected chi connectivity index (χ1v) is 12.2. The molecule has 0 spiro atoms. The second-order valence-corrected chi connectivity index (χ2v) is 8.63. The van der Waals surface area contributed by atoms with Crippen LogP contribution in [-0.4, -0.2) is 69.6 Å². The number of likely N-dealkylation sites (tertiary alicyclic amines) is 1. The second kappa shape index (κ2) is 14.9. The number of carboxylic acids is 1. The molecule has 3 rings (SSSR count). The Kier molecular flexibility index (Phi) is 12.0. The van der Waals surface area contributed by atoms with Crippen LogP contribution in [0.2, 0.25) is 0 Å². The predicted molar refractivity (Wildman–Crippen MR) is 128 cm³/mol. The molecule has 0 saturated carbocycles. The third-order valence-corrected chi connectivity index (χ3v) is 5.85. The summed E-state index contributed by atoms with van der Waals surface area (Å²) >= 11 is 0. The number of aromatic amines is 1. The summed E-state index contributed by atoms with van der Waals surface area (Å²) in [6.45, 7) is 2.57. The zero-order chi connectivity index (χ0) is 29.0. The number of carbonyl (C=O) groups is 3. The first-order chi connectivity index (χ1) is 18.4. The van der Waals surface area contributed by atoms with E-state index in [4.69, 9.17) is 25.1 Å². The van der Waals surface area contributed by atoms with E-state index in [1.165, 1.54) is 0 Å². The number of H-pyrrole nitrogens is 1. The molecule has 0 bridgehead atoms. The van der Waals surface area contributed by atoms with E-state index in [9.17, 15) is 27.6 Å². The number of nitrogens with two attached hydrogens (primary N) is 1. The normalized spacial score (nSPS) is 17.6. The van der Waals surface area contributed by atoms with Crippen LogP contribution in [0.3, 0.4) is 0 Å². The largest absolute Gasteiger partial charge is 0.490 e. The molecule has 0 radical (unpaired) electrons. The van der Waals surface area contributed by atoms with Crippen LogP contribution in [-0.2, 0) is 32.1 Å². The highest BCUT2D eigenvalue weighted by Crippen LogP contribution is 2.29. The number of aliphatic carboxylic acids is 1. The monoisotopic (exact) mass is 560 g/mol. The van der Waals surface area contributed by atoms with E-state index in [-0.39, 0.29) is 25.2 Å². The number of aryl methyl sites for hydroxylation is 1. The number of ether oxygens (including phenoxy) is 2. The van der Waals surface area contributed by atoms with E-state index < -0.39 is 36.0 Å². The van der Waals surface area contributed by atoms with Crippen LogP contribution in [0.4, 0.5) is 18.0 Å². The number of aromatic nitrogens is 2. The van der Waals surface area contributed by atoms with Crippen molar-refractivity contribution in [1.29, 1.82) is 0 Å². The van der Waals surface area contributed by atoms with Crippen molar-refractivity contribution < 1.29 is 46.7 Å². The van der Waals surface area contributed by atoms with Crippen molar-refractivity contribution in [3.8, 4) is 0 Å². The van der Waals surface area contributed by atoms with Gasteiger partial charge in [0, 0.05) is 19.0 Å². The second-order valence-electron chi connectivity index (χ2n) is 8.63. The molecule has 15 heteroatoms. The van der Waals surface area contributed by atoms with Crippen LogP contribution < -0.4 is 11.5 Å². The van der Waals surface area contributed by atoms with Gasteiger partial charge in [-0.1, -0.05) is 41.9 Å². The van der Waals surface area contributed by atoms with Gasteiger partial charge < -0.3 is 25.2 Å². The molecular formula is C24H31F3N4O8. The van der Waals surface area contributed by atoms with Gasteiger partial charge in [0.25, 0.3) is 0 Å². The number of benzene rings is 1. The number of carbonyl (C=O) groups excluding carboxylic acids is 2. The summed E-state index contributed by atoms with van der Waals surface area (Å²) in [7, 11) is 0. The number of rotatable bonds is 10. The number of hydrogen-bond donors (Lipinski definition) is 3. The van der Waals surface area contributed by atoms with Gasteiger partial charge >= 0.3 is 30.0 Å². The van der Waals surface area contributed by atoms with Crippen molar-refractivity contribution in [2.75, 3.05) is 13.2 Å². The van der Waals surface area contributed by atoms with Gasteiger partial charge in [-0.25, -0.2) is 14.4 Å². The number of unbranched alkanes of at least 4 members (excludes halogenated alkanes) is 1. The first-order valence-electron chi connectivity index (χ1n) is 12.2. The number of amides is 1. The number of esters is 1. The van der Waals surface area contributed by atoms with Gasteiger partial charge in [-0.05, 0) is 31.7 Å². The third-order valence-electron chi connectivity index (χ3n) is 5.85. The zero-order valence-electron chi connectivity index (χ0n) is 21.2. The molecular weight excluding hydrogens is 529 g/mol. The van der Waals surface area contributed by atoms with Crippen LogP contribution in [0.25, 0.3) is 0 Å². The Bertz CT molecular complexity index is 1120. The summed E-state index contributed by atoms with van der Waals surface area (Å²) in [5.74, 6) is -3.82. The summed E-state index contributed by atoms with van der Waals surface area (Å²) in [6, 6.07) is 8.57. The fourth-order valence-corrected chi connectivity index (χ4v) is 4.07. The summed E-state index contributed by atoms with van der Waals surface area (Å²) < 4.78 is 47.0. The molecule has 3 atom stereocenters. The number of hydrogen-bond acceptors (Lipinski definition) is 9. The van der Waals surface area contributed by atoms with Gasteiger partial charge in [0.1, 0.15) is 6.61 Å². The van der Waals surface area contributed by atoms with E-state index in [0.717, 1.165) is 5.56 Å². The Morgan fingerprint density at radius 3 is 2.46 bits per heavy atom. The fourth-order valence-electron chi connectivity index (χ4n) is 4.07. The smallest absolute Gasteiger partial charge is 0.475 e. The summed E-state index contributed by atoms with van der Waals surface area (Å²) in [6.07, 6.45) is -2.64. The van der Waals surface area contributed by atoms with E-state index in [1.54, 1.807) is 11.8 Å². The third kappa shape index (κ3) is 10.1. The lowest BCUT2D eigenvalue weighted by Crippen LogP contribution is -2.50. The Hall–Kier alpha value is -3.88. The lowest BCUT2D eigenvalue weighted by atomic mass is 9.89. The first kappa shape index (κ1) is 31.3. The highest BCUT2D eigenvalue weighted by atomic mass is 19.4. The summed E-state index contributed by atoms with van der Waals surface area (Å²) in [4.78, 5) is 49.6. The molecule has 12 nitrogen and oxygen atoms in total. The van der Waals surface area contributed by atoms with Gasteiger partial charge in [0.2, 0.25) is 0 Å². The van der Waals surface area contributed by atoms with Gasteiger partial charge in [-0.2, -0.15) is 13.2 Å². The number of alkyl halides is 3. The molecule has 1 aromatic heterocycles. The predicted octanol–water partition coefficient (Wildman–Crippen LogP) is 2.63. The van der Waals surface area contributed by atoms with Crippen LogP contribution in [0.15, 0.2) is 39.6 Å². The molecule has 4 N–H and O–H groups in total. The minimum Gasteiger partial charge on any atom is -0.475 e. The maximum absolute atomic E-state index is 12.8.